The van der Waals surface area contributed by atoms with Crippen molar-refractivity contribution < 1.29 is 18.0 Å². The smallest absolute Gasteiger partial charge is 0.356 e. The molecular weight excluding hydrogens is 411 g/mol. The van der Waals surface area contributed by atoms with Crippen LogP contribution in [-0.4, -0.2) is 32.2 Å². The maximum Gasteiger partial charge on any atom is 0.406 e. The summed E-state index contributed by atoms with van der Waals surface area (Å²) in [4.78, 5) is 32.8. The van der Waals surface area contributed by atoms with E-state index in [2.05, 4.69) is 20.6 Å². The van der Waals surface area contributed by atoms with Crippen molar-refractivity contribution in [1.82, 2.24) is 19.9 Å². The van der Waals surface area contributed by atoms with Gasteiger partial charge in [-0.2, -0.15) is 13.2 Å². The lowest BCUT2D eigenvalue weighted by atomic mass is 10.1. The molecule has 0 bridgehead atoms. The number of rotatable bonds is 3. The van der Waals surface area contributed by atoms with Gasteiger partial charge in [-0.3, -0.25) is 14.2 Å². The lowest BCUT2D eigenvalue weighted by Gasteiger charge is -2.25. The molecule has 3 aromatic rings. The number of halogens is 3. The molecule has 0 saturated heterocycles. The molecule has 0 saturated carbocycles. The van der Waals surface area contributed by atoms with Gasteiger partial charge in [0.05, 0.1) is 28.2 Å². The van der Waals surface area contributed by atoms with Crippen molar-refractivity contribution in [1.29, 1.82) is 0 Å². The highest BCUT2D eigenvalue weighted by atomic mass is 19.4. The number of nitrogens with zero attached hydrogens (tertiary/aromatic N) is 2. The summed E-state index contributed by atoms with van der Waals surface area (Å²) in [5.41, 5.74) is 1.15. The molecule has 3 heterocycles. The fourth-order valence-electron chi connectivity index (χ4n) is 3.71. The molecule has 0 spiro atoms. The van der Waals surface area contributed by atoms with Gasteiger partial charge in [-0.25, -0.2) is 4.98 Å². The fourth-order valence-corrected chi connectivity index (χ4v) is 3.71. The zero-order valence-corrected chi connectivity index (χ0v) is 17.4. The molecule has 2 aromatic heterocycles. The number of amides is 1. The second kappa shape index (κ2) is 6.86. The lowest BCUT2D eigenvalue weighted by molar-refractivity contribution is -0.140. The third-order valence-electron chi connectivity index (χ3n) is 4.97. The molecule has 3 N–H and O–H groups in total. The summed E-state index contributed by atoms with van der Waals surface area (Å²) in [5, 5.41) is 5.77. The SMILES string of the molecule is C[C@H]1NC(=O)c2cc(-c3cccc4c(=O)n(CC(F)(F)F)c(NC(C)(C)C)nc34)[nH]c21. The molecule has 10 heteroatoms. The number of benzene rings is 1. The molecule has 7 nitrogen and oxygen atoms in total. The van der Waals surface area contributed by atoms with E-state index in [0.717, 1.165) is 5.69 Å². The first-order chi connectivity index (χ1) is 14.3. The number of hydrogen-bond donors (Lipinski definition) is 3. The maximum atomic E-state index is 13.2. The van der Waals surface area contributed by atoms with Crippen LogP contribution >= 0.6 is 0 Å². The number of aromatic nitrogens is 3. The molecule has 1 amide bonds. The van der Waals surface area contributed by atoms with Gasteiger partial charge in [-0.05, 0) is 39.8 Å². The van der Waals surface area contributed by atoms with E-state index in [1.165, 1.54) is 6.07 Å². The van der Waals surface area contributed by atoms with Crippen LogP contribution in [0.25, 0.3) is 22.2 Å². The van der Waals surface area contributed by atoms with Gasteiger partial charge in [0, 0.05) is 16.8 Å². The third-order valence-corrected chi connectivity index (χ3v) is 4.97. The van der Waals surface area contributed by atoms with Crippen LogP contribution in [0, 0.1) is 0 Å². The summed E-state index contributed by atoms with van der Waals surface area (Å²) in [6.45, 7) is 5.69. The summed E-state index contributed by atoms with van der Waals surface area (Å²) in [6, 6.07) is 6.23. The predicted molar refractivity (Wildman–Crippen MR) is 111 cm³/mol. The molecule has 1 aliphatic rings. The van der Waals surface area contributed by atoms with Gasteiger partial charge < -0.3 is 15.6 Å². The first kappa shape index (κ1) is 21.0. The van der Waals surface area contributed by atoms with Gasteiger partial charge >= 0.3 is 6.18 Å². The highest BCUT2D eigenvalue weighted by molar-refractivity contribution is 6.01. The summed E-state index contributed by atoms with van der Waals surface area (Å²) >= 11 is 0. The van der Waals surface area contributed by atoms with Crippen molar-refractivity contribution in [3.63, 3.8) is 0 Å². The van der Waals surface area contributed by atoms with Gasteiger partial charge in [-0.15, -0.1) is 0 Å². The number of hydrogen-bond acceptors (Lipinski definition) is 4. The zero-order valence-electron chi connectivity index (χ0n) is 17.4. The largest absolute Gasteiger partial charge is 0.406 e. The molecular formula is C21H22F3N5O2. The third kappa shape index (κ3) is 3.89. The standard InChI is InChI=1S/C21H22F3N5O2/c1-10-15-13(17(30)25-10)8-14(26-15)11-6-5-7-12-16(11)27-19(28-20(2,3)4)29(18(12)31)9-21(22,23)24/h5-8,10,26H,9H2,1-4H3,(H,25,30)(H,27,28)/t10-/m1/s1. The normalized spacial score (nSPS) is 16.5. The van der Waals surface area contributed by atoms with E-state index in [0.29, 0.717) is 21.4 Å². The van der Waals surface area contributed by atoms with Crippen LogP contribution in [0.5, 0.6) is 0 Å². The van der Waals surface area contributed by atoms with E-state index in [1.54, 1.807) is 39.0 Å². The van der Waals surface area contributed by atoms with Crippen molar-refractivity contribution in [3.8, 4) is 11.3 Å². The van der Waals surface area contributed by atoms with Crippen LogP contribution in [0.2, 0.25) is 0 Å². The lowest BCUT2D eigenvalue weighted by Crippen LogP contribution is -2.36. The Bertz CT molecular complexity index is 1250. The van der Waals surface area contributed by atoms with Crippen LogP contribution in [0.15, 0.2) is 29.1 Å². The molecule has 164 valence electrons. The molecule has 0 fully saturated rings. The Kier molecular flexibility index (Phi) is 4.64. The van der Waals surface area contributed by atoms with E-state index >= 15 is 0 Å². The number of anilines is 1. The van der Waals surface area contributed by atoms with E-state index in [9.17, 15) is 22.8 Å². The first-order valence-electron chi connectivity index (χ1n) is 9.77. The summed E-state index contributed by atoms with van der Waals surface area (Å²) in [7, 11) is 0. The quantitative estimate of drug-likeness (QED) is 0.583. The van der Waals surface area contributed by atoms with Crippen molar-refractivity contribution in [2.24, 2.45) is 0 Å². The average Bonchev–Trinajstić information content (AvgIpc) is 3.17. The van der Waals surface area contributed by atoms with Gasteiger partial charge in [0.1, 0.15) is 6.54 Å². The second-order valence-corrected chi connectivity index (χ2v) is 8.72. The van der Waals surface area contributed by atoms with E-state index in [4.69, 9.17) is 0 Å². The summed E-state index contributed by atoms with van der Waals surface area (Å²) < 4.78 is 40.2. The minimum atomic E-state index is -4.59. The van der Waals surface area contributed by atoms with Crippen molar-refractivity contribution in [2.75, 3.05) is 5.32 Å². The molecule has 1 atom stereocenters. The van der Waals surface area contributed by atoms with Gasteiger partial charge in [0.25, 0.3) is 11.5 Å². The minimum Gasteiger partial charge on any atom is -0.356 e. The van der Waals surface area contributed by atoms with Crippen molar-refractivity contribution in [3.05, 3.63) is 45.9 Å². The number of aromatic amines is 1. The Labute approximate surface area is 175 Å². The highest BCUT2D eigenvalue weighted by Gasteiger charge is 2.32. The van der Waals surface area contributed by atoms with Crippen molar-refractivity contribution >= 4 is 22.8 Å². The number of carbonyl (C=O) groups is 1. The van der Waals surface area contributed by atoms with E-state index in [-0.39, 0.29) is 28.8 Å². The number of H-pyrrole nitrogens is 1. The number of nitrogens with one attached hydrogen (secondary N) is 3. The number of fused-ring (bicyclic) bond motifs is 2. The Morgan fingerprint density at radius 2 is 1.87 bits per heavy atom. The topological polar surface area (TPSA) is 91.8 Å². The molecule has 1 aliphatic heterocycles. The van der Waals surface area contributed by atoms with Crippen LogP contribution in [0.1, 0.15) is 49.8 Å². The van der Waals surface area contributed by atoms with Crippen LogP contribution in [0.3, 0.4) is 0 Å². The maximum absolute atomic E-state index is 13.2. The van der Waals surface area contributed by atoms with E-state index < -0.39 is 23.8 Å². The Hall–Kier alpha value is -3.30. The summed E-state index contributed by atoms with van der Waals surface area (Å²) in [5.74, 6) is -0.374. The molecule has 4 rings (SSSR count). The highest BCUT2D eigenvalue weighted by Crippen LogP contribution is 2.33. The van der Waals surface area contributed by atoms with Gasteiger partial charge in [0.15, 0.2) is 0 Å². The van der Waals surface area contributed by atoms with Crippen LogP contribution in [0.4, 0.5) is 19.1 Å². The molecule has 0 unspecified atom stereocenters. The minimum absolute atomic E-state index is 0.0634. The van der Waals surface area contributed by atoms with Crippen LogP contribution in [-0.2, 0) is 6.54 Å². The molecule has 1 aromatic carbocycles. The monoisotopic (exact) mass is 433 g/mol. The molecule has 31 heavy (non-hydrogen) atoms. The predicted octanol–water partition coefficient (Wildman–Crippen LogP) is 3.97. The fraction of sp³-hybridized carbons (Fsp3) is 0.381. The Balaban J connectivity index is 1.96. The average molecular weight is 433 g/mol. The number of para-hydroxylation sites is 1. The Morgan fingerprint density at radius 1 is 1.16 bits per heavy atom. The zero-order chi connectivity index (χ0) is 22.7. The van der Waals surface area contributed by atoms with E-state index in [1.807, 2.05) is 6.92 Å². The van der Waals surface area contributed by atoms with Crippen LogP contribution < -0.4 is 16.2 Å². The molecule has 0 radical (unpaired) electrons. The number of carbonyl (C=O) groups excluding carboxylic acids is 1. The second-order valence-electron chi connectivity index (χ2n) is 8.72. The van der Waals surface area contributed by atoms with Crippen molar-refractivity contribution in [2.45, 2.75) is 52.0 Å². The van der Waals surface area contributed by atoms with Gasteiger partial charge in [-0.1, -0.05) is 12.1 Å². The first-order valence-corrected chi connectivity index (χ1v) is 9.77. The molecule has 0 aliphatic carbocycles. The number of alkyl halides is 3. The Morgan fingerprint density at radius 3 is 2.48 bits per heavy atom. The van der Waals surface area contributed by atoms with Gasteiger partial charge in [0.2, 0.25) is 5.95 Å². The summed E-state index contributed by atoms with van der Waals surface area (Å²) in [6.07, 6.45) is -4.59.